The maximum Gasteiger partial charge on any atom is 0.161 e. The third-order valence-electron chi connectivity index (χ3n) is 5.02. The highest BCUT2D eigenvalue weighted by Gasteiger charge is 2.45. The van der Waals surface area contributed by atoms with Gasteiger partial charge < -0.3 is 36.0 Å². The van der Waals surface area contributed by atoms with Gasteiger partial charge in [-0.2, -0.15) is 0 Å². The molecule has 1 aliphatic heterocycles. The van der Waals surface area contributed by atoms with Crippen molar-refractivity contribution in [2.45, 2.75) is 49.8 Å². The van der Waals surface area contributed by atoms with Crippen molar-refractivity contribution < 1.29 is 30.3 Å². The van der Waals surface area contributed by atoms with Gasteiger partial charge in [-0.25, -0.2) is 0 Å². The fourth-order valence-corrected chi connectivity index (χ4v) is 3.76. The summed E-state index contributed by atoms with van der Waals surface area (Å²) >= 11 is 0. The Morgan fingerprint density at radius 1 is 1.09 bits per heavy atom. The third-order valence-corrected chi connectivity index (χ3v) is 5.02. The van der Waals surface area contributed by atoms with E-state index in [9.17, 15) is 25.5 Å². The summed E-state index contributed by atoms with van der Waals surface area (Å²) in [5, 5.41) is 50.2. The Labute approximate surface area is 133 Å². The molecule has 1 aromatic carbocycles. The second kappa shape index (κ2) is 6.26. The van der Waals surface area contributed by atoms with Crippen LogP contribution in [0.4, 0.5) is 0 Å². The first-order chi connectivity index (χ1) is 10.9. The lowest BCUT2D eigenvalue weighted by atomic mass is 9.75. The van der Waals surface area contributed by atoms with E-state index in [0.29, 0.717) is 24.0 Å². The minimum Gasteiger partial charge on any atom is -0.504 e. The molecule has 0 aromatic heterocycles. The van der Waals surface area contributed by atoms with Crippen LogP contribution in [-0.2, 0) is 11.2 Å². The largest absolute Gasteiger partial charge is 0.504 e. The molecule has 1 fully saturated rings. The van der Waals surface area contributed by atoms with Crippen LogP contribution in [0.1, 0.15) is 30.1 Å². The lowest BCUT2D eigenvalue weighted by Crippen LogP contribution is -2.53. The number of aliphatic hydroxyl groups is 3. The minimum absolute atomic E-state index is 0.162. The van der Waals surface area contributed by atoms with Crippen molar-refractivity contribution in [3.63, 3.8) is 0 Å². The van der Waals surface area contributed by atoms with E-state index in [2.05, 4.69) is 0 Å². The molecule has 2 aliphatic rings. The number of hydrogen-bond acceptors (Lipinski definition) is 7. The number of benzene rings is 1. The third kappa shape index (κ3) is 2.79. The predicted octanol–water partition coefficient (Wildman–Crippen LogP) is -0.468. The summed E-state index contributed by atoms with van der Waals surface area (Å²) in [6.45, 7) is 0.162. The molecule has 0 bridgehead atoms. The van der Waals surface area contributed by atoms with E-state index in [0.717, 1.165) is 0 Å². The van der Waals surface area contributed by atoms with Crippen LogP contribution in [0.5, 0.6) is 11.5 Å². The molecule has 23 heavy (non-hydrogen) atoms. The van der Waals surface area contributed by atoms with Gasteiger partial charge in [0, 0.05) is 24.4 Å². The fraction of sp³-hybridized carbons (Fsp3) is 0.625. The highest BCUT2D eigenvalue weighted by Crippen LogP contribution is 2.43. The Hall–Kier alpha value is -1.38. The van der Waals surface area contributed by atoms with Crippen LogP contribution in [0.25, 0.3) is 0 Å². The average molecular weight is 325 g/mol. The van der Waals surface area contributed by atoms with E-state index >= 15 is 0 Å². The van der Waals surface area contributed by atoms with E-state index in [4.69, 9.17) is 10.5 Å². The summed E-state index contributed by atoms with van der Waals surface area (Å²) in [7, 11) is 0. The van der Waals surface area contributed by atoms with Crippen LogP contribution >= 0.6 is 0 Å². The number of phenolic OH excluding ortho intramolecular Hbond substituents is 2. The molecular weight excluding hydrogens is 302 g/mol. The van der Waals surface area contributed by atoms with Crippen molar-refractivity contribution in [1.29, 1.82) is 0 Å². The lowest BCUT2D eigenvalue weighted by molar-refractivity contribution is -0.162. The van der Waals surface area contributed by atoms with Gasteiger partial charge in [-0.15, -0.1) is 0 Å². The second-order valence-corrected chi connectivity index (χ2v) is 6.38. The van der Waals surface area contributed by atoms with Gasteiger partial charge in [-0.05, 0) is 24.5 Å². The molecule has 1 aliphatic carbocycles. The van der Waals surface area contributed by atoms with Gasteiger partial charge in [0.15, 0.2) is 11.5 Å². The van der Waals surface area contributed by atoms with Crippen LogP contribution < -0.4 is 5.73 Å². The summed E-state index contributed by atoms with van der Waals surface area (Å²) in [6.07, 6.45) is -3.03. The summed E-state index contributed by atoms with van der Waals surface area (Å²) < 4.78 is 5.94. The molecule has 7 heteroatoms. The molecule has 6 atom stereocenters. The summed E-state index contributed by atoms with van der Waals surface area (Å²) in [5.41, 5.74) is 6.96. The van der Waals surface area contributed by atoms with Gasteiger partial charge in [-0.1, -0.05) is 6.07 Å². The van der Waals surface area contributed by atoms with Gasteiger partial charge in [0.05, 0.1) is 30.5 Å². The molecule has 1 aromatic rings. The van der Waals surface area contributed by atoms with Gasteiger partial charge in [0.1, 0.15) is 0 Å². The smallest absolute Gasteiger partial charge is 0.161 e. The Morgan fingerprint density at radius 3 is 2.48 bits per heavy atom. The van der Waals surface area contributed by atoms with E-state index in [-0.39, 0.29) is 24.5 Å². The fourth-order valence-electron chi connectivity index (χ4n) is 3.76. The molecule has 7 nitrogen and oxygen atoms in total. The highest BCUT2D eigenvalue weighted by molar-refractivity contribution is 5.51. The normalized spacial score (nSPS) is 37.4. The molecule has 0 spiro atoms. The van der Waals surface area contributed by atoms with E-state index in [1.807, 2.05) is 0 Å². The first-order valence-corrected chi connectivity index (χ1v) is 7.87. The van der Waals surface area contributed by atoms with Crippen molar-refractivity contribution in [3.05, 3.63) is 23.3 Å². The first-order valence-electron chi connectivity index (χ1n) is 7.87. The number of aliphatic hydroxyl groups excluding tert-OH is 3. The Bertz CT molecular complexity index is 580. The van der Waals surface area contributed by atoms with Gasteiger partial charge in [0.2, 0.25) is 0 Å². The number of rotatable bonds is 2. The van der Waals surface area contributed by atoms with Crippen molar-refractivity contribution >= 4 is 0 Å². The van der Waals surface area contributed by atoms with Gasteiger partial charge in [0.25, 0.3) is 0 Å². The number of hydrogen-bond donors (Lipinski definition) is 6. The average Bonchev–Trinajstić information content (AvgIpc) is 2.54. The topological polar surface area (TPSA) is 136 Å². The monoisotopic (exact) mass is 325 g/mol. The number of fused-ring (bicyclic) bond motifs is 1. The molecular formula is C16H23NO6. The Kier molecular flexibility index (Phi) is 4.48. The maximum absolute atomic E-state index is 10.3. The first kappa shape index (κ1) is 16.5. The van der Waals surface area contributed by atoms with Crippen molar-refractivity contribution in [3.8, 4) is 11.5 Å². The number of aromatic hydroxyl groups is 2. The van der Waals surface area contributed by atoms with Gasteiger partial charge >= 0.3 is 0 Å². The minimum atomic E-state index is -1.11. The molecule has 128 valence electrons. The summed E-state index contributed by atoms with van der Waals surface area (Å²) in [4.78, 5) is 0. The van der Waals surface area contributed by atoms with Crippen LogP contribution in [0.3, 0.4) is 0 Å². The van der Waals surface area contributed by atoms with Crippen molar-refractivity contribution in [2.75, 3.05) is 6.54 Å². The SMILES string of the molecule is NCC1OC(C2C(O)CCC(O)C2O)Cc2c1ccc(O)c2O. The Morgan fingerprint density at radius 2 is 1.78 bits per heavy atom. The lowest BCUT2D eigenvalue weighted by Gasteiger charge is -2.43. The quantitative estimate of drug-likeness (QED) is 0.405. The Balaban J connectivity index is 1.95. The zero-order valence-corrected chi connectivity index (χ0v) is 12.7. The zero-order valence-electron chi connectivity index (χ0n) is 12.7. The summed E-state index contributed by atoms with van der Waals surface area (Å²) in [6, 6.07) is 3.04. The molecule has 3 rings (SSSR count). The van der Waals surface area contributed by atoms with Crippen LogP contribution in [-0.4, -0.2) is 56.5 Å². The molecule has 1 saturated carbocycles. The number of phenols is 2. The molecule has 6 unspecified atom stereocenters. The number of nitrogens with two attached hydrogens (primary N) is 1. The van der Waals surface area contributed by atoms with E-state index in [1.54, 1.807) is 6.07 Å². The molecule has 1 heterocycles. The highest BCUT2D eigenvalue weighted by atomic mass is 16.5. The number of ether oxygens (including phenoxy) is 1. The second-order valence-electron chi connectivity index (χ2n) is 6.38. The van der Waals surface area contributed by atoms with Crippen LogP contribution in [0.2, 0.25) is 0 Å². The predicted molar refractivity (Wildman–Crippen MR) is 80.9 cm³/mol. The standard InChI is InChI=1S/C16H23NO6/c17-6-13-7-1-2-10(19)15(21)8(7)5-12(23-13)14-9(18)3-4-11(20)16(14)22/h1-2,9,11-14,16,18-22H,3-6,17H2. The maximum atomic E-state index is 10.3. The molecule has 0 saturated heterocycles. The summed E-state index contributed by atoms with van der Waals surface area (Å²) in [5.74, 6) is -1.14. The van der Waals surface area contributed by atoms with Crippen molar-refractivity contribution in [1.82, 2.24) is 0 Å². The molecule has 7 N–H and O–H groups in total. The van der Waals surface area contributed by atoms with Crippen LogP contribution in [0, 0.1) is 5.92 Å². The van der Waals surface area contributed by atoms with Crippen LogP contribution in [0.15, 0.2) is 12.1 Å². The van der Waals surface area contributed by atoms with E-state index < -0.39 is 36.4 Å². The van der Waals surface area contributed by atoms with Crippen molar-refractivity contribution in [2.24, 2.45) is 11.7 Å². The zero-order chi connectivity index (χ0) is 16.7. The molecule has 0 amide bonds. The van der Waals surface area contributed by atoms with E-state index in [1.165, 1.54) is 6.07 Å². The van der Waals surface area contributed by atoms with Gasteiger partial charge in [-0.3, -0.25) is 0 Å². The molecule has 0 radical (unpaired) electrons.